The third-order valence-corrected chi connectivity index (χ3v) is 1.37. The molecule has 0 fully saturated rings. The average molecular weight is 197 g/mol. The summed E-state index contributed by atoms with van der Waals surface area (Å²) in [6.07, 6.45) is 0. The van der Waals surface area contributed by atoms with Gasteiger partial charge in [0.25, 0.3) is 5.69 Å². The molecule has 0 N–H and O–H groups in total. The van der Waals surface area contributed by atoms with Gasteiger partial charge in [0.15, 0.2) is 0 Å². The molecule has 0 atom stereocenters. The van der Waals surface area contributed by atoms with E-state index < -0.39 is 4.92 Å². The molecule has 0 aromatic heterocycles. The predicted molar refractivity (Wildman–Crippen MR) is 43.9 cm³/mol. The Bertz CT molecular complexity index is 267. The van der Waals surface area contributed by atoms with Gasteiger partial charge in [-0.25, -0.2) is 0 Å². The van der Waals surface area contributed by atoms with Gasteiger partial charge >= 0.3 is 0 Å². The Morgan fingerprint density at radius 1 is 1.36 bits per heavy atom. The maximum Gasteiger partial charge on any atom is 0.287 e. The van der Waals surface area contributed by atoms with E-state index in [0.717, 1.165) is 0 Å². The zero-order valence-corrected chi connectivity index (χ0v) is 9.83. The minimum Gasteiger partial charge on any atom is -0.258 e. The number of benzene rings is 1. The Morgan fingerprint density at radius 3 is 2.27 bits per heavy atom. The molecule has 0 aliphatic rings. The summed E-state index contributed by atoms with van der Waals surface area (Å²) in [5, 5.41) is 10.3. The molecular formula is C6H4ClKNO2. The van der Waals surface area contributed by atoms with Gasteiger partial charge in [0.05, 0.1) is 4.92 Å². The van der Waals surface area contributed by atoms with E-state index in [0.29, 0.717) is 0 Å². The molecule has 0 aliphatic heterocycles. The topological polar surface area (TPSA) is 43.1 Å². The fraction of sp³-hybridized carbons (Fsp3) is 0. The first-order chi connectivity index (χ1) is 4.72. The quantitative estimate of drug-likeness (QED) is 0.391. The molecule has 0 aliphatic carbocycles. The van der Waals surface area contributed by atoms with Crippen molar-refractivity contribution in [2.75, 3.05) is 0 Å². The van der Waals surface area contributed by atoms with Crippen molar-refractivity contribution in [1.82, 2.24) is 0 Å². The van der Waals surface area contributed by atoms with Gasteiger partial charge in [0.1, 0.15) is 5.02 Å². The molecule has 1 aromatic rings. The first-order valence-electron chi connectivity index (χ1n) is 2.61. The maximum atomic E-state index is 10.1. The average Bonchev–Trinajstić information content (AvgIpc) is 1.88. The number of nitro benzene ring substituents is 1. The second-order valence-electron chi connectivity index (χ2n) is 1.71. The number of hydrogen-bond donors (Lipinski definition) is 0. The van der Waals surface area contributed by atoms with Crippen LogP contribution in [-0.4, -0.2) is 56.3 Å². The molecule has 1 rings (SSSR count). The molecule has 0 spiro atoms. The second kappa shape index (κ2) is 5.24. The number of para-hydroxylation sites is 1. The van der Waals surface area contributed by atoms with Crippen molar-refractivity contribution in [1.29, 1.82) is 0 Å². The number of nitro groups is 1. The number of rotatable bonds is 1. The molecule has 0 heterocycles. The van der Waals surface area contributed by atoms with Crippen molar-refractivity contribution in [2.24, 2.45) is 0 Å². The van der Waals surface area contributed by atoms with Crippen molar-refractivity contribution < 1.29 is 4.92 Å². The molecule has 1 radical (unpaired) electrons. The monoisotopic (exact) mass is 196 g/mol. The summed E-state index contributed by atoms with van der Waals surface area (Å²) >= 11 is 5.48. The maximum absolute atomic E-state index is 10.1. The molecule has 0 bridgehead atoms. The zero-order valence-electron chi connectivity index (χ0n) is 5.95. The van der Waals surface area contributed by atoms with Crippen LogP contribution < -0.4 is 0 Å². The Balaban J connectivity index is 0.000001000. The summed E-state index contributed by atoms with van der Waals surface area (Å²) in [6, 6.07) is 6.07. The first kappa shape index (κ1) is 11.5. The van der Waals surface area contributed by atoms with Crippen molar-refractivity contribution in [2.45, 2.75) is 0 Å². The van der Waals surface area contributed by atoms with Crippen LogP contribution in [0, 0.1) is 10.1 Å². The summed E-state index contributed by atoms with van der Waals surface area (Å²) in [7, 11) is 0. The SMILES string of the molecule is O=[N+]([O-])c1ccccc1Cl.[K]. The van der Waals surface area contributed by atoms with Gasteiger partial charge in [-0.15, -0.1) is 0 Å². The number of halogens is 1. The van der Waals surface area contributed by atoms with Gasteiger partial charge in [0, 0.05) is 57.5 Å². The first-order valence-corrected chi connectivity index (χ1v) is 2.98. The fourth-order valence-electron chi connectivity index (χ4n) is 0.600. The molecule has 11 heavy (non-hydrogen) atoms. The van der Waals surface area contributed by atoms with Gasteiger partial charge in [-0.1, -0.05) is 23.7 Å². The van der Waals surface area contributed by atoms with E-state index in [-0.39, 0.29) is 62.1 Å². The van der Waals surface area contributed by atoms with E-state index in [9.17, 15) is 10.1 Å². The zero-order chi connectivity index (χ0) is 7.56. The van der Waals surface area contributed by atoms with Crippen LogP contribution in [-0.2, 0) is 0 Å². The van der Waals surface area contributed by atoms with Crippen molar-refractivity contribution >= 4 is 68.7 Å². The summed E-state index contributed by atoms with van der Waals surface area (Å²) in [5.74, 6) is 0. The summed E-state index contributed by atoms with van der Waals surface area (Å²) in [6.45, 7) is 0. The van der Waals surface area contributed by atoms with E-state index in [2.05, 4.69) is 0 Å². The van der Waals surface area contributed by atoms with Crippen LogP contribution in [0.2, 0.25) is 5.02 Å². The number of hydrogen-bond acceptors (Lipinski definition) is 2. The largest absolute Gasteiger partial charge is 0.287 e. The molecular weight excluding hydrogens is 193 g/mol. The van der Waals surface area contributed by atoms with Gasteiger partial charge in [-0.05, 0) is 6.07 Å². The van der Waals surface area contributed by atoms with Crippen LogP contribution in [0.4, 0.5) is 5.69 Å². The standard InChI is InChI=1S/C6H4ClNO2.K/c7-5-3-1-2-4-6(5)8(9)10;/h1-4H;. The number of nitrogens with zero attached hydrogens (tertiary/aromatic N) is 1. The minimum atomic E-state index is -0.512. The van der Waals surface area contributed by atoms with Crippen molar-refractivity contribution in [3.8, 4) is 0 Å². The Morgan fingerprint density at radius 2 is 1.91 bits per heavy atom. The summed E-state index contributed by atoms with van der Waals surface area (Å²) < 4.78 is 0. The van der Waals surface area contributed by atoms with Crippen LogP contribution in [0.15, 0.2) is 24.3 Å². The Labute approximate surface area is 111 Å². The van der Waals surface area contributed by atoms with Gasteiger partial charge < -0.3 is 0 Å². The van der Waals surface area contributed by atoms with E-state index >= 15 is 0 Å². The smallest absolute Gasteiger partial charge is 0.258 e. The Kier molecular flexibility index (Phi) is 5.50. The van der Waals surface area contributed by atoms with Crippen LogP contribution in [0.25, 0.3) is 0 Å². The van der Waals surface area contributed by atoms with Crippen LogP contribution in [0.3, 0.4) is 0 Å². The van der Waals surface area contributed by atoms with Crippen molar-refractivity contribution in [3.63, 3.8) is 0 Å². The second-order valence-corrected chi connectivity index (χ2v) is 2.12. The van der Waals surface area contributed by atoms with E-state index in [1.54, 1.807) is 12.1 Å². The van der Waals surface area contributed by atoms with Gasteiger partial charge in [-0.3, -0.25) is 10.1 Å². The molecule has 0 amide bonds. The molecule has 0 saturated carbocycles. The van der Waals surface area contributed by atoms with Crippen LogP contribution in [0.1, 0.15) is 0 Å². The van der Waals surface area contributed by atoms with Crippen LogP contribution >= 0.6 is 11.6 Å². The summed E-state index contributed by atoms with van der Waals surface area (Å²) in [5.41, 5.74) is -0.0517. The van der Waals surface area contributed by atoms with E-state index in [4.69, 9.17) is 11.6 Å². The molecule has 0 unspecified atom stereocenters. The third kappa shape index (κ3) is 3.19. The van der Waals surface area contributed by atoms with E-state index in [1.807, 2.05) is 0 Å². The third-order valence-electron chi connectivity index (χ3n) is 1.05. The summed E-state index contributed by atoms with van der Waals surface area (Å²) in [4.78, 5) is 9.63. The van der Waals surface area contributed by atoms with E-state index in [1.165, 1.54) is 12.1 Å². The van der Waals surface area contributed by atoms with Crippen molar-refractivity contribution in [3.05, 3.63) is 39.4 Å². The van der Waals surface area contributed by atoms with Gasteiger partial charge in [0.2, 0.25) is 0 Å². The minimum absolute atomic E-state index is 0. The van der Waals surface area contributed by atoms with Crippen LogP contribution in [0.5, 0.6) is 0 Å². The Hall–Kier alpha value is 0.546. The van der Waals surface area contributed by atoms with Gasteiger partial charge in [-0.2, -0.15) is 0 Å². The molecule has 1 aromatic carbocycles. The molecule has 5 heteroatoms. The predicted octanol–water partition coefficient (Wildman–Crippen LogP) is 1.87. The molecule has 3 nitrogen and oxygen atoms in total. The normalized spacial score (nSPS) is 8.45. The molecule has 53 valence electrons. The fourth-order valence-corrected chi connectivity index (χ4v) is 0.805. The molecule has 0 saturated heterocycles.